The molecule has 0 fully saturated rings. The molecule has 2 rings (SSSR count). The number of hydrogen-bond donors (Lipinski definition) is 2. The number of hydrogen-bond acceptors (Lipinski definition) is 6. The lowest BCUT2D eigenvalue weighted by molar-refractivity contribution is 0.245. The Morgan fingerprint density at radius 2 is 2.22 bits per heavy atom. The number of nitrogens with two attached hydrogens (primary N) is 1. The average molecular weight is 283 g/mol. The maximum absolute atomic E-state index is 5.80. The molecule has 18 heavy (non-hydrogen) atoms. The summed E-state index contributed by atoms with van der Waals surface area (Å²) in [5.41, 5.74) is 5.80. The van der Waals surface area contributed by atoms with Gasteiger partial charge in [-0.25, -0.2) is 0 Å². The summed E-state index contributed by atoms with van der Waals surface area (Å²) in [7, 11) is 0. The van der Waals surface area contributed by atoms with Gasteiger partial charge in [0.2, 0.25) is 0 Å². The van der Waals surface area contributed by atoms with Gasteiger partial charge in [0.15, 0.2) is 16.6 Å². The average Bonchev–Trinajstić information content (AvgIpc) is 2.85. The first-order valence-corrected chi connectivity index (χ1v) is 7.36. The van der Waals surface area contributed by atoms with Gasteiger partial charge in [-0.2, -0.15) is 4.37 Å². The van der Waals surface area contributed by atoms with Gasteiger partial charge in [0.1, 0.15) is 0 Å². The summed E-state index contributed by atoms with van der Waals surface area (Å²) < 4.78 is 9.80. The van der Waals surface area contributed by atoms with Gasteiger partial charge in [-0.1, -0.05) is 0 Å². The highest BCUT2D eigenvalue weighted by Gasteiger charge is 2.14. The van der Waals surface area contributed by atoms with Crippen LogP contribution in [0.3, 0.4) is 0 Å². The van der Waals surface area contributed by atoms with Crippen LogP contribution in [-0.4, -0.2) is 10.5 Å². The summed E-state index contributed by atoms with van der Waals surface area (Å²) in [6.07, 6.45) is 0.0910. The third-order valence-corrected chi connectivity index (χ3v) is 4.05. The first-order valence-electron chi connectivity index (χ1n) is 5.77. The zero-order valence-corrected chi connectivity index (χ0v) is 12.3. The maximum atomic E-state index is 5.80. The third-order valence-electron chi connectivity index (χ3n) is 2.25. The number of aryl methyl sites for hydroxylation is 1. The number of anilines is 2. The first kappa shape index (κ1) is 13.2. The Labute approximate surface area is 115 Å². The zero-order chi connectivity index (χ0) is 13.1. The van der Waals surface area contributed by atoms with E-state index >= 15 is 0 Å². The molecule has 0 aliphatic rings. The van der Waals surface area contributed by atoms with E-state index < -0.39 is 0 Å². The van der Waals surface area contributed by atoms with E-state index in [1.54, 1.807) is 11.3 Å². The summed E-state index contributed by atoms with van der Waals surface area (Å²) in [5, 5.41) is 4.23. The first-order chi connectivity index (χ1) is 8.56. The van der Waals surface area contributed by atoms with E-state index in [9.17, 15) is 0 Å². The van der Waals surface area contributed by atoms with Crippen LogP contribution in [0.15, 0.2) is 12.1 Å². The summed E-state index contributed by atoms with van der Waals surface area (Å²) in [4.78, 5) is 2.60. The topological polar surface area (TPSA) is 60.2 Å². The van der Waals surface area contributed by atoms with E-state index in [-0.39, 0.29) is 6.10 Å². The second-order valence-electron chi connectivity index (χ2n) is 4.26. The van der Waals surface area contributed by atoms with Crippen molar-refractivity contribution in [2.45, 2.75) is 33.4 Å². The second kappa shape index (κ2) is 5.58. The highest BCUT2D eigenvalue weighted by Crippen LogP contribution is 2.36. The Morgan fingerprint density at radius 1 is 1.44 bits per heavy atom. The summed E-state index contributed by atoms with van der Waals surface area (Å²) in [5.74, 6) is 1.13. The fourth-order valence-electron chi connectivity index (χ4n) is 1.50. The molecule has 3 N–H and O–H groups in total. The predicted octanol–water partition coefficient (Wildman–Crippen LogP) is 3.49. The number of ether oxygens (including phenoxy) is 1. The molecule has 0 unspecified atom stereocenters. The Morgan fingerprint density at radius 3 is 2.83 bits per heavy atom. The number of nitrogens with zero attached hydrogens (tertiary/aromatic N) is 1. The van der Waals surface area contributed by atoms with Crippen LogP contribution in [0.1, 0.15) is 23.6 Å². The molecule has 0 aliphatic carbocycles. The minimum atomic E-state index is 0.0910. The van der Waals surface area contributed by atoms with Gasteiger partial charge in [0, 0.05) is 9.75 Å². The van der Waals surface area contributed by atoms with Crippen LogP contribution in [0.2, 0.25) is 0 Å². The lowest BCUT2D eigenvalue weighted by Crippen LogP contribution is -2.08. The van der Waals surface area contributed by atoms with Crippen LogP contribution >= 0.6 is 22.9 Å². The van der Waals surface area contributed by atoms with Gasteiger partial charge in [0.05, 0.1) is 12.6 Å². The van der Waals surface area contributed by atoms with Crippen molar-refractivity contribution in [3.05, 3.63) is 21.9 Å². The van der Waals surface area contributed by atoms with Crippen molar-refractivity contribution in [2.75, 3.05) is 11.1 Å². The normalized spacial score (nSPS) is 10.9. The van der Waals surface area contributed by atoms with Crippen LogP contribution in [0, 0.1) is 6.92 Å². The standard InChI is InChI=1S/C12H17N3OS2/c1-7(2)16-10-11(13)15-18-12(10)14-6-9-5-4-8(3)17-9/h4-5,7,14H,6H2,1-3H3,(H2,13,15). The molecule has 2 aromatic heterocycles. The molecule has 0 atom stereocenters. The van der Waals surface area contributed by atoms with E-state index in [1.165, 1.54) is 21.3 Å². The number of thiophene rings is 1. The van der Waals surface area contributed by atoms with Crippen molar-refractivity contribution in [3.8, 4) is 5.75 Å². The molecular formula is C12H17N3OS2. The van der Waals surface area contributed by atoms with Gasteiger partial charge in [-0.05, 0) is 44.4 Å². The predicted molar refractivity (Wildman–Crippen MR) is 78.7 cm³/mol. The van der Waals surface area contributed by atoms with Crippen molar-refractivity contribution in [2.24, 2.45) is 0 Å². The van der Waals surface area contributed by atoms with Crippen molar-refractivity contribution in [1.29, 1.82) is 0 Å². The van der Waals surface area contributed by atoms with E-state index in [0.29, 0.717) is 11.6 Å². The Balaban J connectivity index is 2.05. The van der Waals surface area contributed by atoms with Crippen LogP contribution in [-0.2, 0) is 6.54 Å². The summed E-state index contributed by atoms with van der Waals surface area (Å²) in [6, 6.07) is 4.24. The molecule has 2 aromatic rings. The minimum Gasteiger partial charge on any atom is -0.484 e. The van der Waals surface area contributed by atoms with Crippen LogP contribution in [0.4, 0.5) is 10.8 Å². The molecule has 0 saturated carbocycles. The van der Waals surface area contributed by atoms with Crippen molar-refractivity contribution in [1.82, 2.24) is 4.37 Å². The lowest BCUT2D eigenvalue weighted by atomic mass is 10.4. The molecular weight excluding hydrogens is 266 g/mol. The molecule has 0 aliphatic heterocycles. The smallest absolute Gasteiger partial charge is 0.197 e. The second-order valence-corrected chi connectivity index (χ2v) is 6.40. The van der Waals surface area contributed by atoms with E-state index in [1.807, 2.05) is 13.8 Å². The molecule has 0 spiro atoms. The molecule has 2 heterocycles. The van der Waals surface area contributed by atoms with Crippen LogP contribution in [0.5, 0.6) is 5.75 Å². The highest BCUT2D eigenvalue weighted by molar-refractivity contribution is 7.12. The quantitative estimate of drug-likeness (QED) is 0.881. The van der Waals surface area contributed by atoms with Gasteiger partial charge < -0.3 is 15.8 Å². The van der Waals surface area contributed by atoms with Gasteiger partial charge in [-0.3, -0.25) is 0 Å². The Bertz CT molecular complexity index is 519. The van der Waals surface area contributed by atoms with Gasteiger partial charge in [-0.15, -0.1) is 11.3 Å². The lowest BCUT2D eigenvalue weighted by Gasteiger charge is -2.11. The maximum Gasteiger partial charge on any atom is 0.197 e. The van der Waals surface area contributed by atoms with Crippen molar-refractivity contribution < 1.29 is 4.74 Å². The minimum absolute atomic E-state index is 0.0910. The Hall–Kier alpha value is -1.27. The molecule has 0 amide bonds. The largest absolute Gasteiger partial charge is 0.484 e. The number of nitrogen functional groups attached to an aromatic ring is 1. The molecule has 0 bridgehead atoms. The molecule has 0 radical (unpaired) electrons. The van der Waals surface area contributed by atoms with Crippen LogP contribution in [0.25, 0.3) is 0 Å². The van der Waals surface area contributed by atoms with Crippen LogP contribution < -0.4 is 15.8 Å². The van der Waals surface area contributed by atoms with E-state index in [0.717, 1.165) is 11.5 Å². The highest BCUT2D eigenvalue weighted by atomic mass is 32.1. The Kier molecular flexibility index (Phi) is 4.08. The van der Waals surface area contributed by atoms with E-state index in [2.05, 4.69) is 28.7 Å². The fraction of sp³-hybridized carbons (Fsp3) is 0.417. The molecule has 0 saturated heterocycles. The van der Waals surface area contributed by atoms with Gasteiger partial charge >= 0.3 is 0 Å². The fourth-order valence-corrected chi connectivity index (χ4v) is 2.98. The van der Waals surface area contributed by atoms with Crippen molar-refractivity contribution in [3.63, 3.8) is 0 Å². The van der Waals surface area contributed by atoms with E-state index in [4.69, 9.17) is 10.5 Å². The number of nitrogens with one attached hydrogen (secondary N) is 1. The monoisotopic (exact) mass is 283 g/mol. The zero-order valence-electron chi connectivity index (χ0n) is 10.7. The molecule has 6 heteroatoms. The summed E-state index contributed by atoms with van der Waals surface area (Å²) >= 11 is 3.12. The third kappa shape index (κ3) is 3.14. The van der Waals surface area contributed by atoms with Gasteiger partial charge in [0.25, 0.3) is 0 Å². The molecule has 4 nitrogen and oxygen atoms in total. The summed E-state index contributed by atoms with van der Waals surface area (Å²) in [6.45, 7) is 6.83. The van der Waals surface area contributed by atoms with Crippen molar-refractivity contribution >= 4 is 33.7 Å². The molecule has 98 valence electrons. The SMILES string of the molecule is Cc1ccc(CNc2snc(N)c2OC(C)C)s1. The number of rotatable bonds is 5. The number of aromatic nitrogens is 1. The molecule has 0 aromatic carbocycles.